The largest absolute Gasteiger partial charge is 0.309 e. The fourth-order valence-corrected chi connectivity index (χ4v) is 9.84. The van der Waals surface area contributed by atoms with Crippen LogP contribution in [0.4, 0.5) is 0 Å². The lowest BCUT2D eigenvalue weighted by atomic mass is 10.1. The molecule has 244 valence electrons. The molecule has 0 fully saturated rings. The minimum absolute atomic E-state index is 0.943. The fraction of sp³-hybridized carbons (Fsp3) is 0. The summed E-state index contributed by atoms with van der Waals surface area (Å²) in [6.45, 7) is 0. The molecule has 0 aliphatic rings. The van der Waals surface area contributed by atoms with Gasteiger partial charge in [-0.25, -0.2) is 4.98 Å². The van der Waals surface area contributed by atoms with Crippen LogP contribution < -0.4 is 0 Å². The third-order valence-electron chi connectivity index (χ3n) is 10.2. The molecule has 0 atom stereocenters. The van der Waals surface area contributed by atoms with Gasteiger partial charge in [-0.15, -0.1) is 11.3 Å². The maximum absolute atomic E-state index is 5.00. The number of fused-ring (bicyclic) bond motifs is 9. The van der Waals surface area contributed by atoms with Crippen LogP contribution in [0.5, 0.6) is 0 Å². The van der Waals surface area contributed by atoms with Gasteiger partial charge in [-0.3, -0.25) is 4.57 Å². The Labute approximate surface area is 308 Å². The second-order valence-corrected chi connectivity index (χ2v) is 15.4. The molecule has 0 N–H and O–H groups in total. The Morgan fingerprint density at radius 2 is 1.00 bits per heavy atom. The van der Waals surface area contributed by atoms with E-state index in [0.29, 0.717) is 0 Å². The summed E-state index contributed by atoms with van der Waals surface area (Å²) in [6.07, 6.45) is 2.04. The summed E-state index contributed by atoms with van der Waals surface area (Å²) >= 11 is 3.62. The number of hydrogen-bond acceptors (Lipinski definition) is 3. The van der Waals surface area contributed by atoms with E-state index in [1.165, 1.54) is 73.7 Å². The molecule has 7 aromatic carbocycles. The van der Waals surface area contributed by atoms with Gasteiger partial charge < -0.3 is 4.57 Å². The van der Waals surface area contributed by atoms with Crippen LogP contribution in [0.3, 0.4) is 0 Å². The van der Waals surface area contributed by atoms with Gasteiger partial charge in [0.25, 0.3) is 0 Å². The predicted octanol–water partition coefficient (Wildman–Crippen LogP) is 13.5. The van der Waals surface area contributed by atoms with Gasteiger partial charge in [0.2, 0.25) is 0 Å². The number of thiophene rings is 1. The third kappa shape index (κ3) is 4.63. The maximum atomic E-state index is 5.00. The molecule has 11 rings (SSSR count). The topological polar surface area (TPSA) is 22.8 Å². The number of aromatic nitrogens is 3. The highest BCUT2D eigenvalue weighted by molar-refractivity contribution is 7.99. The first-order chi connectivity index (χ1) is 25.8. The van der Waals surface area contributed by atoms with Crippen molar-refractivity contribution >= 4 is 86.9 Å². The first kappa shape index (κ1) is 29.6. The molecule has 0 aliphatic heterocycles. The van der Waals surface area contributed by atoms with Crippen molar-refractivity contribution in [3.05, 3.63) is 176 Å². The highest BCUT2D eigenvalue weighted by atomic mass is 32.2. The maximum Gasteiger partial charge on any atom is 0.138 e. The third-order valence-corrected chi connectivity index (χ3v) is 12.3. The number of pyridine rings is 1. The highest BCUT2D eigenvalue weighted by Gasteiger charge is 2.17. The van der Waals surface area contributed by atoms with Crippen LogP contribution in [0.1, 0.15) is 0 Å². The Morgan fingerprint density at radius 3 is 1.75 bits per heavy atom. The summed E-state index contributed by atoms with van der Waals surface area (Å²) in [6, 6.07) is 61.6. The minimum atomic E-state index is 0.943. The molecule has 0 amide bonds. The van der Waals surface area contributed by atoms with Crippen molar-refractivity contribution in [2.24, 2.45) is 0 Å². The molecule has 0 radical (unpaired) electrons. The van der Waals surface area contributed by atoms with Crippen molar-refractivity contribution < 1.29 is 0 Å². The van der Waals surface area contributed by atoms with E-state index >= 15 is 0 Å². The smallest absolute Gasteiger partial charge is 0.138 e. The van der Waals surface area contributed by atoms with Crippen LogP contribution in [0.25, 0.3) is 86.4 Å². The van der Waals surface area contributed by atoms with Gasteiger partial charge in [-0.05, 0) is 83.9 Å². The van der Waals surface area contributed by atoms with Gasteiger partial charge in [0.05, 0.1) is 26.8 Å². The van der Waals surface area contributed by atoms with E-state index in [-0.39, 0.29) is 0 Å². The van der Waals surface area contributed by atoms with Crippen molar-refractivity contribution in [2.45, 2.75) is 9.79 Å². The van der Waals surface area contributed by atoms with Gasteiger partial charge in [-0.2, -0.15) is 0 Å². The van der Waals surface area contributed by atoms with E-state index in [4.69, 9.17) is 4.98 Å². The van der Waals surface area contributed by atoms with Gasteiger partial charge >= 0.3 is 0 Å². The molecule has 4 aromatic heterocycles. The minimum Gasteiger partial charge on any atom is -0.309 e. The molecular formula is C47H29N3S2. The average molecular weight is 700 g/mol. The molecule has 0 unspecified atom stereocenters. The van der Waals surface area contributed by atoms with Crippen LogP contribution in [0, 0.1) is 0 Å². The lowest BCUT2D eigenvalue weighted by Gasteiger charge is -2.11. The molecular weight excluding hydrogens is 671 g/mol. The number of hydrogen-bond donors (Lipinski definition) is 0. The van der Waals surface area contributed by atoms with Gasteiger partial charge in [-0.1, -0.05) is 109 Å². The number of nitrogens with zero attached hydrogens (tertiary/aromatic N) is 3. The lowest BCUT2D eigenvalue weighted by molar-refractivity contribution is 1.09. The first-order valence-electron chi connectivity index (χ1n) is 17.4. The van der Waals surface area contributed by atoms with Crippen molar-refractivity contribution in [3.63, 3.8) is 0 Å². The summed E-state index contributed by atoms with van der Waals surface area (Å²) < 4.78 is 7.22. The van der Waals surface area contributed by atoms with E-state index < -0.39 is 0 Å². The lowest BCUT2D eigenvalue weighted by Crippen LogP contribution is -1.96. The van der Waals surface area contributed by atoms with Crippen molar-refractivity contribution in [1.29, 1.82) is 0 Å². The second-order valence-electron chi connectivity index (χ2n) is 13.2. The van der Waals surface area contributed by atoms with E-state index in [1.54, 1.807) is 11.3 Å². The van der Waals surface area contributed by atoms with Crippen LogP contribution >= 0.6 is 23.1 Å². The Bertz CT molecular complexity index is 3170. The number of benzene rings is 7. The monoisotopic (exact) mass is 699 g/mol. The van der Waals surface area contributed by atoms with Crippen LogP contribution in [0.2, 0.25) is 0 Å². The Balaban J connectivity index is 1.01. The van der Waals surface area contributed by atoms with Crippen molar-refractivity contribution in [2.75, 3.05) is 0 Å². The Kier molecular flexibility index (Phi) is 6.66. The van der Waals surface area contributed by atoms with E-state index in [9.17, 15) is 0 Å². The molecule has 5 heteroatoms. The van der Waals surface area contributed by atoms with Gasteiger partial charge in [0.15, 0.2) is 0 Å². The summed E-state index contributed by atoms with van der Waals surface area (Å²) in [7, 11) is 0. The highest BCUT2D eigenvalue weighted by Crippen LogP contribution is 2.41. The zero-order valence-electron chi connectivity index (χ0n) is 27.9. The molecule has 0 bridgehead atoms. The SMILES string of the molecule is c1ccc(-c2cccc(-n3c4ccccc4c4cc(Sc5ccc6c(c5)c5ccccc5n6-c5cc6c(cn5)sc5ccccc56)ccc43)c2)cc1. The normalized spacial score (nSPS) is 11.9. The summed E-state index contributed by atoms with van der Waals surface area (Å²) in [5, 5.41) is 7.51. The van der Waals surface area contributed by atoms with Crippen molar-refractivity contribution in [3.8, 4) is 22.6 Å². The Morgan fingerprint density at radius 1 is 0.404 bits per heavy atom. The van der Waals surface area contributed by atoms with Crippen molar-refractivity contribution in [1.82, 2.24) is 14.1 Å². The predicted molar refractivity (Wildman–Crippen MR) is 222 cm³/mol. The molecule has 0 aliphatic carbocycles. The molecule has 4 heterocycles. The molecule has 52 heavy (non-hydrogen) atoms. The zero-order valence-corrected chi connectivity index (χ0v) is 29.5. The fourth-order valence-electron chi connectivity index (χ4n) is 7.89. The van der Waals surface area contributed by atoms with Gasteiger partial charge in [0, 0.05) is 58.7 Å². The standard InChI is InChI=1S/C47H29N3S2/c1-2-11-30(12-3-1)31-13-10-14-32(25-31)49-41-18-7-4-15-35(41)38-26-33(21-23-43(38)49)51-34-22-24-44-39(27-34)36-16-5-8-19-42(36)50(44)47-28-40-37-17-6-9-20-45(37)52-46(40)29-48-47/h1-29H. The molecule has 0 saturated heterocycles. The number of rotatable bonds is 5. The first-order valence-corrected chi connectivity index (χ1v) is 19.1. The zero-order chi connectivity index (χ0) is 34.2. The summed E-state index contributed by atoms with van der Waals surface area (Å²) in [4.78, 5) is 7.42. The number of para-hydroxylation sites is 2. The van der Waals surface area contributed by atoms with E-state index in [1.807, 2.05) is 18.0 Å². The van der Waals surface area contributed by atoms with Crippen LogP contribution in [0.15, 0.2) is 186 Å². The van der Waals surface area contributed by atoms with E-state index in [0.717, 1.165) is 22.5 Å². The molecule has 0 spiro atoms. The molecule has 0 saturated carbocycles. The van der Waals surface area contributed by atoms with Crippen LogP contribution in [-0.4, -0.2) is 14.1 Å². The molecule has 11 aromatic rings. The second kappa shape index (κ2) is 11.7. The summed E-state index contributed by atoms with van der Waals surface area (Å²) in [5.41, 5.74) is 8.33. The average Bonchev–Trinajstić information content (AvgIpc) is 3.85. The van der Waals surface area contributed by atoms with Gasteiger partial charge in [0.1, 0.15) is 5.82 Å². The molecule has 3 nitrogen and oxygen atoms in total. The van der Waals surface area contributed by atoms with Crippen LogP contribution in [-0.2, 0) is 0 Å². The summed E-state index contributed by atoms with van der Waals surface area (Å²) in [5.74, 6) is 0.943. The quantitative estimate of drug-likeness (QED) is 0.178. The Hall–Kier alpha value is -6.14. The van der Waals surface area contributed by atoms with E-state index in [2.05, 4.69) is 179 Å².